The first-order valence-corrected chi connectivity index (χ1v) is 6.66. The maximum absolute atomic E-state index is 12.9. The number of nitrogens with zero attached hydrogens (tertiary/aromatic N) is 2. The highest BCUT2D eigenvalue weighted by atomic mass is 19.3. The Balaban J connectivity index is 2.77. The first-order valence-electron chi connectivity index (χ1n) is 6.66. The molecule has 1 heterocycles. The van der Waals surface area contributed by atoms with Gasteiger partial charge >= 0.3 is 6.55 Å². The number of carbonyl (C=O) groups excluding carboxylic acids is 1. The molecule has 0 fully saturated rings. The number of halogens is 2. The van der Waals surface area contributed by atoms with Crippen LogP contribution in [0, 0.1) is 12.8 Å². The van der Waals surface area contributed by atoms with Gasteiger partial charge in [0, 0.05) is 18.3 Å². The van der Waals surface area contributed by atoms with Gasteiger partial charge in [-0.2, -0.15) is 8.78 Å². The number of alkyl halides is 2. The number of hydrogen-bond donors (Lipinski definition) is 1. The monoisotopic (exact) mass is 287 g/mol. The molecule has 1 aromatic rings. The molecule has 0 unspecified atom stereocenters. The van der Waals surface area contributed by atoms with Crippen LogP contribution < -0.4 is 5.32 Å². The zero-order valence-corrected chi connectivity index (χ0v) is 12.7. The van der Waals surface area contributed by atoms with Gasteiger partial charge in [0.1, 0.15) is 5.69 Å². The summed E-state index contributed by atoms with van der Waals surface area (Å²) in [6, 6.07) is 3.11. The molecule has 6 heteroatoms. The zero-order chi connectivity index (χ0) is 15.4. The number of likely N-dealkylation sites (N-methyl/N-ethyl adjacent to an activating group) is 1. The van der Waals surface area contributed by atoms with Crippen molar-refractivity contribution in [2.45, 2.75) is 33.4 Å². The second kappa shape index (κ2) is 6.83. The lowest BCUT2D eigenvalue weighted by molar-refractivity contribution is 0.0614. The van der Waals surface area contributed by atoms with Crippen LogP contribution in [0.4, 0.5) is 8.78 Å². The first-order chi connectivity index (χ1) is 9.25. The average molecular weight is 287 g/mol. The third-order valence-electron chi connectivity index (χ3n) is 3.45. The summed E-state index contributed by atoms with van der Waals surface area (Å²) in [5, 5.41) is 2.74. The van der Waals surface area contributed by atoms with E-state index in [0.717, 1.165) is 4.57 Å². The van der Waals surface area contributed by atoms with Gasteiger partial charge in [0.15, 0.2) is 0 Å². The standard InChI is InChI=1S/C14H23F2N3O/c1-9(2)12(18(4)5)8-17-13(20)11-7-6-10(3)19(11)14(15)16/h6-7,9,12,14H,8H2,1-5H3,(H,17,20)/t12-/m1/s1. The molecule has 1 N–H and O–H groups in total. The molecule has 0 bridgehead atoms. The molecule has 1 amide bonds. The molecule has 1 atom stereocenters. The van der Waals surface area contributed by atoms with E-state index in [1.165, 1.54) is 12.1 Å². The van der Waals surface area contributed by atoms with E-state index in [1.54, 1.807) is 6.92 Å². The Morgan fingerprint density at radius 3 is 2.40 bits per heavy atom. The van der Waals surface area contributed by atoms with Crippen LogP contribution in [0.5, 0.6) is 0 Å². The Kier molecular flexibility index (Phi) is 5.68. The van der Waals surface area contributed by atoms with E-state index in [0.29, 0.717) is 18.2 Å². The minimum Gasteiger partial charge on any atom is -0.349 e. The quantitative estimate of drug-likeness (QED) is 0.873. The topological polar surface area (TPSA) is 37.3 Å². The summed E-state index contributed by atoms with van der Waals surface area (Å²) in [7, 11) is 3.87. The third kappa shape index (κ3) is 3.79. The van der Waals surface area contributed by atoms with Crippen LogP contribution in [0.1, 0.15) is 36.6 Å². The lowest BCUT2D eigenvalue weighted by Crippen LogP contribution is -2.43. The fourth-order valence-electron chi connectivity index (χ4n) is 2.30. The number of aromatic nitrogens is 1. The summed E-state index contributed by atoms with van der Waals surface area (Å²) in [5.74, 6) is -0.111. The zero-order valence-electron chi connectivity index (χ0n) is 12.7. The van der Waals surface area contributed by atoms with Crippen molar-refractivity contribution < 1.29 is 13.6 Å². The summed E-state index contributed by atoms with van der Waals surface area (Å²) >= 11 is 0. The molecule has 1 aromatic heterocycles. The van der Waals surface area contributed by atoms with E-state index >= 15 is 0 Å². The van der Waals surface area contributed by atoms with Crippen LogP contribution in [0.2, 0.25) is 0 Å². The number of aryl methyl sites for hydroxylation is 1. The number of carbonyl (C=O) groups is 1. The molecular formula is C14H23F2N3O. The summed E-state index contributed by atoms with van der Waals surface area (Å²) in [6.45, 7) is 3.39. The van der Waals surface area contributed by atoms with Crippen LogP contribution in [0.3, 0.4) is 0 Å². The fraction of sp³-hybridized carbons (Fsp3) is 0.643. The van der Waals surface area contributed by atoms with Crippen LogP contribution in [-0.4, -0.2) is 42.1 Å². The summed E-state index contributed by atoms with van der Waals surface area (Å²) in [5.41, 5.74) is 0.372. The summed E-state index contributed by atoms with van der Waals surface area (Å²) in [6.07, 6.45) is 0. The third-order valence-corrected chi connectivity index (χ3v) is 3.45. The molecule has 0 saturated carbocycles. The summed E-state index contributed by atoms with van der Waals surface area (Å²) < 4.78 is 26.6. The van der Waals surface area contributed by atoms with E-state index in [2.05, 4.69) is 19.2 Å². The highest BCUT2D eigenvalue weighted by Gasteiger charge is 2.21. The minimum absolute atomic E-state index is 0.00115. The van der Waals surface area contributed by atoms with Gasteiger partial charge in [-0.3, -0.25) is 9.36 Å². The van der Waals surface area contributed by atoms with Crippen LogP contribution in [-0.2, 0) is 0 Å². The molecule has 0 aliphatic carbocycles. The van der Waals surface area contributed by atoms with E-state index in [9.17, 15) is 13.6 Å². The number of rotatable bonds is 6. The molecular weight excluding hydrogens is 264 g/mol. The van der Waals surface area contributed by atoms with Gasteiger partial charge in [-0.1, -0.05) is 13.8 Å². The van der Waals surface area contributed by atoms with Gasteiger partial charge in [-0.05, 0) is 39.1 Å². The maximum atomic E-state index is 12.9. The van der Waals surface area contributed by atoms with Crippen LogP contribution >= 0.6 is 0 Å². The van der Waals surface area contributed by atoms with Crippen molar-refractivity contribution in [1.29, 1.82) is 0 Å². The maximum Gasteiger partial charge on any atom is 0.319 e. The molecule has 1 rings (SSSR count). The molecule has 114 valence electrons. The van der Waals surface area contributed by atoms with Crippen LogP contribution in [0.25, 0.3) is 0 Å². The Hall–Kier alpha value is -1.43. The van der Waals surface area contributed by atoms with Crippen molar-refractivity contribution in [2.75, 3.05) is 20.6 Å². The van der Waals surface area contributed by atoms with Crippen molar-refractivity contribution in [3.05, 3.63) is 23.5 Å². The predicted octanol–water partition coefficient (Wildman–Crippen LogP) is 2.51. The van der Waals surface area contributed by atoms with E-state index in [-0.39, 0.29) is 11.7 Å². The Morgan fingerprint density at radius 1 is 1.35 bits per heavy atom. The smallest absolute Gasteiger partial charge is 0.319 e. The molecule has 0 radical (unpaired) electrons. The number of hydrogen-bond acceptors (Lipinski definition) is 2. The van der Waals surface area contributed by atoms with Gasteiger partial charge in [-0.25, -0.2) is 0 Å². The highest BCUT2D eigenvalue weighted by molar-refractivity contribution is 5.93. The average Bonchev–Trinajstić information content (AvgIpc) is 2.70. The molecule has 0 spiro atoms. The first kappa shape index (κ1) is 16.6. The number of amides is 1. The molecule has 0 aliphatic heterocycles. The number of nitrogens with one attached hydrogen (secondary N) is 1. The molecule has 0 aliphatic rings. The lowest BCUT2D eigenvalue weighted by Gasteiger charge is -2.28. The summed E-state index contributed by atoms with van der Waals surface area (Å²) in [4.78, 5) is 14.1. The second-order valence-electron chi connectivity index (χ2n) is 5.49. The fourth-order valence-corrected chi connectivity index (χ4v) is 2.30. The van der Waals surface area contributed by atoms with Gasteiger partial charge in [0.05, 0.1) is 0 Å². The van der Waals surface area contributed by atoms with Crippen molar-refractivity contribution in [2.24, 2.45) is 5.92 Å². The van der Waals surface area contributed by atoms with Gasteiger partial charge in [-0.15, -0.1) is 0 Å². The largest absolute Gasteiger partial charge is 0.349 e. The van der Waals surface area contributed by atoms with Gasteiger partial charge in [0.2, 0.25) is 0 Å². The van der Waals surface area contributed by atoms with E-state index in [4.69, 9.17) is 0 Å². The molecule has 4 nitrogen and oxygen atoms in total. The van der Waals surface area contributed by atoms with Crippen molar-refractivity contribution in [1.82, 2.24) is 14.8 Å². The predicted molar refractivity (Wildman–Crippen MR) is 75.1 cm³/mol. The van der Waals surface area contributed by atoms with Gasteiger partial charge in [0.25, 0.3) is 5.91 Å². The van der Waals surface area contributed by atoms with E-state index in [1.807, 2.05) is 19.0 Å². The molecule has 0 aromatic carbocycles. The van der Waals surface area contributed by atoms with Crippen molar-refractivity contribution in [3.63, 3.8) is 0 Å². The normalized spacial score (nSPS) is 13.3. The molecule has 20 heavy (non-hydrogen) atoms. The Bertz CT molecular complexity index is 447. The van der Waals surface area contributed by atoms with E-state index < -0.39 is 12.5 Å². The Labute approximate surface area is 118 Å². The minimum atomic E-state index is -2.71. The van der Waals surface area contributed by atoms with Gasteiger partial charge < -0.3 is 10.2 Å². The van der Waals surface area contributed by atoms with Crippen molar-refractivity contribution >= 4 is 5.91 Å². The highest BCUT2D eigenvalue weighted by Crippen LogP contribution is 2.18. The molecule has 0 saturated heterocycles. The SMILES string of the molecule is Cc1ccc(C(=O)NC[C@H](C(C)C)N(C)C)n1C(F)F. The lowest BCUT2D eigenvalue weighted by atomic mass is 10.0. The Morgan fingerprint density at radius 2 is 1.95 bits per heavy atom. The van der Waals surface area contributed by atoms with Crippen molar-refractivity contribution in [3.8, 4) is 0 Å². The van der Waals surface area contributed by atoms with Crippen LogP contribution in [0.15, 0.2) is 12.1 Å². The second-order valence-corrected chi connectivity index (χ2v) is 5.49.